The molecule has 1 aliphatic carbocycles. The Balaban J connectivity index is 1.36. The first-order chi connectivity index (χ1) is 14.6. The van der Waals surface area contributed by atoms with Gasteiger partial charge in [0.2, 0.25) is 11.8 Å². The highest BCUT2D eigenvalue weighted by Gasteiger charge is 2.47. The van der Waals surface area contributed by atoms with Crippen molar-refractivity contribution in [2.75, 3.05) is 18.5 Å². The van der Waals surface area contributed by atoms with Crippen molar-refractivity contribution in [2.24, 2.45) is 0 Å². The standard InChI is InChI=1S/C22H20N4O4/c23-11-12-30-16-9-5-14(6-10-16)25-19(27)13-24-21(28)20-17-3-1-2-4-18(17)22(29)26(20)15-7-8-15/h1-6,9-10,15,20H,7-8,12-13H2,(H,24,28)(H,25,27). The lowest BCUT2D eigenvalue weighted by Gasteiger charge is -2.24. The summed E-state index contributed by atoms with van der Waals surface area (Å²) >= 11 is 0. The summed E-state index contributed by atoms with van der Waals surface area (Å²) in [5, 5.41) is 13.9. The van der Waals surface area contributed by atoms with Crippen molar-refractivity contribution < 1.29 is 19.1 Å². The molecule has 1 heterocycles. The first kappa shape index (κ1) is 19.5. The minimum absolute atomic E-state index is 0.0532. The molecule has 8 heteroatoms. The van der Waals surface area contributed by atoms with Gasteiger partial charge in [-0.15, -0.1) is 0 Å². The Labute approximate surface area is 173 Å². The van der Waals surface area contributed by atoms with E-state index in [0.29, 0.717) is 22.6 Å². The lowest BCUT2D eigenvalue weighted by molar-refractivity contribution is -0.127. The van der Waals surface area contributed by atoms with Gasteiger partial charge in [0.25, 0.3) is 5.91 Å². The molecule has 4 rings (SSSR count). The predicted octanol–water partition coefficient (Wildman–Crippen LogP) is 2.00. The molecule has 0 saturated heterocycles. The van der Waals surface area contributed by atoms with Crippen molar-refractivity contribution >= 4 is 23.4 Å². The monoisotopic (exact) mass is 404 g/mol. The first-order valence-electron chi connectivity index (χ1n) is 9.67. The third kappa shape index (κ3) is 3.96. The van der Waals surface area contributed by atoms with E-state index in [2.05, 4.69) is 10.6 Å². The molecule has 0 aromatic heterocycles. The summed E-state index contributed by atoms with van der Waals surface area (Å²) in [5.74, 6) is -0.357. The Bertz CT molecular complexity index is 1020. The topological polar surface area (TPSA) is 112 Å². The lowest BCUT2D eigenvalue weighted by Crippen LogP contribution is -2.42. The number of ether oxygens (including phenoxy) is 1. The number of nitriles is 1. The number of anilines is 1. The number of nitrogens with one attached hydrogen (secondary N) is 2. The molecule has 2 aliphatic rings. The molecule has 0 spiro atoms. The zero-order chi connectivity index (χ0) is 21.1. The average molecular weight is 404 g/mol. The van der Waals surface area contributed by atoms with Crippen LogP contribution in [0.15, 0.2) is 48.5 Å². The van der Waals surface area contributed by atoms with Crippen LogP contribution < -0.4 is 15.4 Å². The molecule has 152 valence electrons. The van der Waals surface area contributed by atoms with Crippen LogP contribution in [0.4, 0.5) is 5.69 Å². The molecule has 3 amide bonds. The molecule has 2 N–H and O–H groups in total. The molecule has 1 aliphatic heterocycles. The van der Waals surface area contributed by atoms with Gasteiger partial charge in [0.05, 0.1) is 6.54 Å². The highest BCUT2D eigenvalue weighted by Crippen LogP contribution is 2.41. The van der Waals surface area contributed by atoms with Crippen LogP contribution in [-0.4, -0.2) is 41.8 Å². The number of carbonyl (C=O) groups is 3. The molecule has 0 radical (unpaired) electrons. The molecule has 2 aromatic rings. The van der Waals surface area contributed by atoms with Gasteiger partial charge >= 0.3 is 0 Å². The maximum Gasteiger partial charge on any atom is 0.255 e. The summed E-state index contributed by atoms with van der Waals surface area (Å²) in [6, 6.07) is 14.9. The van der Waals surface area contributed by atoms with Gasteiger partial charge in [-0.1, -0.05) is 18.2 Å². The van der Waals surface area contributed by atoms with E-state index < -0.39 is 6.04 Å². The lowest BCUT2D eigenvalue weighted by atomic mass is 10.0. The maximum absolute atomic E-state index is 12.9. The molecule has 1 fully saturated rings. The fourth-order valence-electron chi connectivity index (χ4n) is 3.55. The number of amides is 3. The fourth-order valence-corrected chi connectivity index (χ4v) is 3.55. The number of benzene rings is 2. The Hall–Kier alpha value is -3.86. The number of fused-ring (bicyclic) bond motifs is 1. The van der Waals surface area contributed by atoms with E-state index in [1.807, 2.05) is 6.07 Å². The SMILES string of the molecule is N#CCOc1ccc(NC(=O)CNC(=O)C2c3ccccc3C(=O)N2C2CC2)cc1. The van der Waals surface area contributed by atoms with Gasteiger partial charge in [0, 0.05) is 17.3 Å². The van der Waals surface area contributed by atoms with E-state index in [0.717, 1.165) is 12.8 Å². The number of nitrogens with zero attached hydrogens (tertiary/aromatic N) is 2. The van der Waals surface area contributed by atoms with E-state index in [4.69, 9.17) is 10.00 Å². The summed E-state index contributed by atoms with van der Waals surface area (Å²) in [6.45, 7) is -0.265. The molecule has 0 bridgehead atoms. The van der Waals surface area contributed by atoms with Crippen LogP contribution >= 0.6 is 0 Å². The predicted molar refractivity (Wildman–Crippen MR) is 108 cm³/mol. The van der Waals surface area contributed by atoms with Crippen molar-refractivity contribution in [3.8, 4) is 11.8 Å². The van der Waals surface area contributed by atoms with E-state index >= 15 is 0 Å². The Morgan fingerprint density at radius 2 is 1.87 bits per heavy atom. The fraction of sp³-hybridized carbons (Fsp3) is 0.273. The third-order valence-electron chi connectivity index (χ3n) is 5.05. The molecule has 30 heavy (non-hydrogen) atoms. The van der Waals surface area contributed by atoms with Gasteiger partial charge in [0.15, 0.2) is 6.61 Å². The Morgan fingerprint density at radius 1 is 1.13 bits per heavy atom. The van der Waals surface area contributed by atoms with Crippen LogP contribution in [0, 0.1) is 11.3 Å². The largest absolute Gasteiger partial charge is 0.479 e. The summed E-state index contributed by atoms with van der Waals surface area (Å²) in [5.41, 5.74) is 1.77. The summed E-state index contributed by atoms with van der Waals surface area (Å²) in [4.78, 5) is 39.5. The summed E-state index contributed by atoms with van der Waals surface area (Å²) in [7, 11) is 0. The van der Waals surface area contributed by atoms with Gasteiger partial charge in [-0.2, -0.15) is 5.26 Å². The van der Waals surface area contributed by atoms with E-state index in [1.165, 1.54) is 0 Å². The molecule has 2 aromatic carbocycles. The minimum atomic E-state index is -0.703. The molecular formula is C22H20N4O4. The van der Waals surface area contributed by atoms with Gasteiger partial charge < -0.3 is 20.3 Å². The highest BCUT2D eigenvalue weighted by molar-refractivity contribution is 6.05. The van der Waals surface area contributed by atoms with Crippen LogP contribution in [-0.2, 0) is 9.59 Å². The molecule has 1 saturated carbocycles. The van der Waals surface area contributed by atoms with E-state index in [9.17, 15) is 14.4 Å². The Kier molecular flexibility index (Phi) is 5.35. The van der Waals surface area contributed by atoms with E-state index in [1.54, 1.807) is 53.4 Å². The molecule has 1 atom stereocenters. The van der Waals surface area contributed by atoms with Crippen molar-refractivity contribution in [1.82, 2.24) is 10.2 Å². The van der Waals surface area contributed by atoms with Crippen LogP contribution in [0.5, 0.6) is 5.75 Å². The van der Waals surface area contributed by atoms with Crippen molar-refractivity contribution in [2.45, 2.75) is 24.9 Å². The second-order valence-corrected chi connectivity index (χ2v) is 7.17. The van der Waals surface area contributed by atoms with Crippen LogP contribution in [0.1, 0.15) is 34.8 Å². The maximum atomic E-state index is 12.9. The second kappa shape index (κ2) is 8.25. The number of hydrogen-bond acceptors (Lipinski definition) is 5. The normalized spacial score (nSPS) is 17.1. The van der Waals surface area contributed by atoms with Crippen molar-refractivity contribution in [3.63, 3.8) is 0 Å². The zero-order valence-electron chi connectivity index (χ0n) is 16.1. The van der Waals surface area contributed by atoms with Crippen molar-refractivity contribution in [1.29, 1.82) is 5.26 Å². The van der Waals surface area contributed by atoms with Gasteiger partial charge in [-0.3, -0.25) is 14.4 Å². The number of carbonyl (C=O) groups excluding carboxylic acids is 3. The highest BCUT2D eigenvalue weighted by atomic mass is 16.5. The number of rotatable bonds is 7. The van der Waals surface area contributed by atoms with Crippen LogP contribution in [0.3, 0.4) is 0 Å². The average Bonchev–Trinajstić information content (AvgIpc) is 3.55. The Morgan fingerprint density at radius 3 is 2.57 bits per heavy atom. The second-order valence-electron chi connectivity index (χ2n) is 7.17. The van der Waals surface area contributed by atoms with Crippen molar-refractivity contribution in [3.05, 3.63) is 59.7 Å². The van der Waals surface area contributed by atoms with Gasteiger partial charge in [-0.05, 0) is 48.7 Å². The molecule has 8 nitrogen and oxygen atoms in total. The number of hydrogen-bond donors (Lipinski definition) is 2. The smallest absolute Gasteiger partial charge is 0.255 e. The van der Waals surface area contributed by atoms with Gasteiger partial charge in [0.1, 0.15) is 17.9 Å². The summed E-state index contributed by atoms with van der Waals surface area (Å²) in [6.07, 6.45) is 1.77. The molecule has 1 unspecified atom stereocenters. The van der Waals surface area contributed by atoms with Crippen LogP contribution in [0.25, 0.3) is 0 Å². The van der Waals surface area contributed by atoms with Crippen LogP contribution in [0.2, 0.25) is 0 Å². The third-order valence-corrected chi connectivity index (χ3v) is 5.05. The zero-order valence-corrected chi connectivity index (χ0v) is 16.1. The first-order valence-corrected chi connectivity index (χ1v) is 9.67. The quantitative estimate of drug-likeness (QED) is 0.733. The molecular weight excluding hydrogens is 384 g/mol. The van der Waals surface area contributed by atoms with E-state index in [-0.39, 0.29) is 36.9 Å². The minimum Gasteiger partial charge on any atom is -0.479 e. The van der Waals surface area contributed by atoms with Gasteiger partial charge in [-0.25, -0.2) is 0 Å². The summed E-state index contributed by atoms with van der Waals surface area (Å²) < 4.78 is 5.16.